The zero-order valence-electron chi connectivity index (χ0n) is 8.95. The molecule has 0 heterocycles. The number of halogens is 2. The van der Waals surface area contributed by atoms with Crippen molar-refractivity contribution in [3.63, 3.8) is 0 Å². The van der Waals surface area contributed by atoms with Gasteiger partial charge in [-0.05, 0) is 24.6 Å². The molecule has 86 valence electrons. The number of rotatable bonds is 4. The fourth-order valence-corrected chi connectivity index (χ4v) is 2.17. The molecule has 0 saturated carbocycles. The lowest BCUT2D eigenvalue weighted by atomic mass is 9.93. The molecule has 0 aliphatic heterocycles. The van der Waals surface area contributed by atoms with Gasteiger partial charge in [-0.15, -0.1) is 0 Å². The van der Waals surface area contributed by atoms with Crippen LogP contribution in [0.4, 0.5) is 0 Å². The maximum Gasteiger partial charge on any atom is 0.0962 e. The molecule has 2 unspecified atom stereocenters. The lowest BCUT2D eigenvalue weighted by molar-refractivity contribution is 0.130. The van der Waals surface area contributed by atoms with E-state index in [4.69, 9.17) is 16.9 Å². The first-order valence-electron chi connectivity index (χ1n) is 5.12. The Hall–Kier alpha value is -0.560. The highest BCUT2D eigenvalue weighted by Gasteiger charge is 2.22. The van der Waals surface area contributed by atoms with Crippen LogP contribution in [-0.2, 0) is 0 Å². The van der Waals surface area contributed by atoms with Crippen LogP contribution in [0.25, 0.3) is 0 Å². The normalized spacial score (nSPS) is 14.2. The largest absolute Gasteiger partial charge is 0.387 e. The Morgan fingerprint density at radius 2 is 2.25 bits per heavy atom. The molecule has 0 spiro atoms. The summed E-state index contributed by atoms with van der Waals surface area (Å²) in [5.74, 6) is -0.406. The summed E-state index contributed by atoms with van der Waals surface area (Å²) in [5.41, 5.74) is 0.607. The molecule has 1 rings (SSSR count). The van der Waals surface area contributed by atoms with E-state index in [1.807, 2.05) is 6.92 Å². The quantitative estimate of drug-likeness (QED) is 0.911. The third-order valence-electron chi connectivity index (χ3n) is 2.42. The molecule has 0 fully saturated rings. The molecule has 0 aliphatic carbocycles. The van der Waals surface area contributed by atoms with Gasteiger partial charge in [0.25, 0.3) is 0 Å². The summed E-state index contributed by atoms with van der Waals surface area (Å²) in [6.45, 7) is 1.99. The van der Waals surface area contributed by atoms with Gasteiger partial charge in [0.1, 0.15) is 0 Å². The van der Waals surface area contributed by atoms with Crippen LogP contribution >= 0.6 is 27.5 Å². The smallest absolute Gasteiger partial charge is 0.0962 e. The molecule has 4 heteroatoms. The minimum Gasteiger partial charge on any atom is -0.387 e. The van der Waals surface area contributed by atoms with Crippen LogP contribution in [0.2, 0.25) is 5.02 Å². The van der Waals surface area contributed by atoms with Crippen LogP contribution < -0.4 is 0 Å². The summed E-state index contributed by atoms with van der Waals surface area (Å²) >= 11 is 9.32. The lowest BCUT2D eigenvalue weighted by Gasteiger charge is -2.17. The van der Waals surface area contributed by atoms with Crippen molar-refractivity contribution in [2.75, 3.05) is 0 Å². The van der Waals surface area contributed by atoms with Gasteiger partial charge in [-0.3, -0.25) is 0 Å². The zero-order valence-corrected chi connectivity index (χ0v) is 11.3. The maximum atomic E-state index is 10.1. The molecule has 0 aliphatic rings. The second-order valence-electron chi connectivity index (χ2n) is 3.63. The van der Waals surface area contributed by atoms with Crippen LogP contribution in [-0.4, -0.2) is 5.11 Å². The van der Waals surface area contributed by atoms with Crippen molar-refractivity contribution in [3.05, 3.63) is 33.3 Å². The minimum atomic E-state index is -0.824. The molecule has 0 amide bonds. The SMILES string of the molecule is CCCC(C#N)C(O)c1cc(Br)ccc1Cl. The molecule has 16 heavy (non-hydrogen) atoms. The summed E-state index contributed by atoms with van der Waals surface area (Å²) in [5, 5.41) is 19.6. The van der Waals surface area contributed by atoms with E-state index in [2.05, 4.69) is 22.0 Å². The highest BCUT2D eigenvalue weighted by molar-refractivity contribution is 9.10. The highest BCUT2D eigenvalue weighted by atomic mass is 79.9. The van der Waals surface area contributed by atoms with E-state index < -0.39 is 12.0 Å². The summed E-state index contributed by atoms with van der Waals surface area (Å²) < 4.78 is 0.846. The van der Waals surface area contributed by atoms with Crippen LogP contribution in [0.3, 0.4) is 0 Å². The van der Waals surface area contributed by atoms with Gasteiger partial charge >= 0.3 is 0 Å². The van der Waals surface area contributed by atoms with Crippen molar-refractivity contribution in [2.24, 2.45) is 5.92 Å². The average molecular weight is 303 g/mol. The molecule has 0 aromatic heterocycles. The number of nitriles is 1. The Labute approximate surface area is 109 Å². The van der Waals surface area contributed by atoms with Crippen molar-refractivity contribution in [1.82, 2.24) is 0 Å². The maximum absolute atomic E-state index is 10.1. The van der Waals surface area contributed by atoms with E-state index in [0.717, 1.165) is 10.9 Å². The Morgan fingerprint density at radius 1 is 1.56 bits per heavy atom. The predicted octanol–water partition coefficient (Wildman–Crippen LogP) is 4.08. The van der Waals surface area contributed by atoms with Gasteiger partial charge in [0, 0.05) is 15.1 Å². The molecular formula is C12H13BrClNO. The third-order valence-corrected chi connectivity index (χ3v) is 3.26. The molecule has 0 bridgehead atoms. The number of hydrogen-bond acceptors (Lipinski definition) is 2. The van der Waals surface area contributed by atoms with Crippen LogP contribution in [0.15, 0.2) is 22.7 Å². The number of nitrogens with zero attached hydrogens (tertiary/aromatic N) is 1. The van der Waals surface area contributed by atoms with Crippen LogP contribution in [0.1, 0.15) is 31.4 Å². The van der Waals surface area contributed by atoms with E-state index in [9.17, 15) is 5.11 Å². The number of benzene rings is 1. The van der Waals surface area contributed by atoms with Crippen LogP contribution in [0.5, 0.6) is 0 Å². The number of aliphatic hydroxyl groups is 1. The standard InChI is InChI=1S/C12H13BrClNO/c1-2-3-8(7-15)12(16)10-6-9(13)4-5-11(10)14/h4-6,8,12,16H,2-3H2,1H3. The Morgan fingerprint density at radius 3 is 2.81 bits per heavy atom. The molecule has 1 aromatic rings. The topological polar surface area (TPSA) is 44.0 Å². The third kappa shape index (κ3) is 3.21. The van der Waals surface area contributed by atoms with E-state index in [0.29, 0.717) is 17.0 Å². The summed E-state index contributed by atoms with van der Waals surface area (Å²) in [4.78, 5) is 0. The molecular weight excluding hydrogens is 289 g/mol. The Bertz CT molecular complexity index is 402. The first kappa shape index (κ1) is 13.5. The first-order chi connectivity index (χ1) is 7.60. The fourth-order valence-electron chi connectivity index (χ4n) is 1.56. The lowest BCUT2D eigenvalue weighted by Crippen LogP contribution is -2.11. The zero-order chi connectivity index (χ0) is 12.1. The van der Waals surface area contributed by atoms with Gasteiger partial charge < -0.3 is 5.11 Å². The highest BCUT2D eigenvalue weighted by Crippen LogP contribution is 2.32. The van der Waals surface area contributed by atoms with E-state index in [-0.39, 0.29) is 0 Å². The van der Waals surface area contributed by atoms with Gasteiger partial charge in [-0.1, -0.05) is 40.9 Å². The van der Waals surface area contributed by atoms with Crippen molar-refractivity contribution in [1.29, 1.82) is 5.26 Å². The molecule has 0 radical (unpaired) electrons. The van der Waals surface area contributed by atoms with Crippen molar-refractivity contribution >= 4 is 27.5 Å². The molecule has 1 N–H and O–H groups in total. The van der Waals surface area contributed by atoms with Gasteiger partial charge in [0.05, 0.1) is 18.1 Å². The molecule has 2 atom stereocenters. The number of aliphatic hydroxyl groups excluding tert-OH is 1. The van der Waals surface area contributed by atoms with E-state index in [1.165, 1.54) is 0 Å². The van der Waals surface area contributed by atoms with Gasteiger partial charge in [0.15, 0.2) is 0 Å². The summed E-state index contributed by atoms with van der Waals surface area (Å²) in [6, 6.07) is 7.40. The summed E-state index contributed by atoms with van der Waals surface area (Å²) in [7, 11) is 0. The van der Waals surface area contributed by atoms with Gasteiger partial charge in [-0.2, -0.15) is 5.26 Å². The average Bonchev–Trinajstić information content (AvgIpc) is 2.28. The Kier molecular flexibility index (Phi) is 5.27. The Balaban J connectivity index is 2.98. The molecule has 1 aromatic carbocycles. The molecule has 2 nitrogen and oxygen atoms in total. The fraction of sp³-hybridized carbons (Fsp3) is 0.417. The van der Waals surface area contributed by atoms with Gasteiger partial charge in [-0.25, -0.2) is 0 Å². The van der Waals surface area contributed by atoms with E-state index in [1.54, 1.807) is 18.2 Å². The minimum absolute atomic E-state index is 0.406. The number of hydrogen-bond donors (Lipinski definition) is 1. The summed E-state index contributed by atoms with van der Waals surface area (Å²) in [6.07, 6.45) is 0.705. The van der Waals surface area contributed by atoms with Crippen molar-refractivity contribution in [2.45, 2.75) is 25.9 Å². The van der Waals surface area contributed by atoms with Crippen molar-refractivity contribution < 1.29 is 5.11 Å². The van der Waals surface area contributed by atoms with E-state index >= 15 is 0 Å². The predicted molar refractivity (Wildman–Crippen MR) is 68.1 cm³/mol. The van der Waals surface area contributed by atoms with Crippen molar-refractivity contribution in [3.8, 4) is 6.07 Å². The monoisotopic (exact) mass is 301 g/mol. The molecule has 0 saturated heterocycles. The van der Waals surface area contributed by atoms with Crippen LogP contribution in [0, 0.1) is 17.2 Å². The first-order valence-corrected chi connectivity index (χ1v) is 6.29. The van der Waals surface area contributed by atoms with Gasteiger partial charge in [0.2, 0.25) is 0 Å². The second kappa shape index (κ2) is 6.24. The second-order valence-corrected chi connectivity index (χ2v) is 4.96.